The fraction of sp³-hybridized carbons (Fsp3) is 0.267. The Kier molecular flexibility index (Phi) is 4.98. The zero-order chi connectivity index (χ0) is 17.8. The molecule has 0 aliphatic carbocycles. The molecule has 1 unspecified atom stereocenters. The topological polar surface area (TPSA) is 108 Å². The fourth-order valence-electron chi connectivity index (χ4n) is 2.07. The average Bonchev–Trinajstić information content (AvgIpc) is 3.23. The Bertz CT molecular complexity index is 878. The number of para-hydroxylation sites is 2. The van der Waals surface area contributed by atoms with Crippen molar-refractivity contribution in [2.24, 2.45) is 0 Å². The van der Waals surface area contributed by atoms with Gasteiger partial charge in [-0.1, -0.05) is 29.1 Å². The van der Waals surface area contributed by atoms with Crippen LogP contribution >= 0.6 is 11.8 Å². The van der Waals surface area contributed by atoms with Crippen LogP contribution in [0.5, 0.6) is 5.75 Å². The minimum atomic E-state index is -0.454. The molecule has 2 heterocycles. The molecule has 10 heteroatoms. The first-order valence-corrected chi connectivity index (χ1v) is 8.29. The number of carbonyl (C=O) groups is 1. The predicted octanol–water partition coefficient (Wildman–Crippen LogP) is 2.09. The molecule has 1 atom stereocenters. The van der Waals surface area contributed by atoms with Gasteiger partial charge in [0.1, 0.15) is 11.4 Å². The summed E-state index contributed by atoms with van der Waals surface area (Å²) in [5.74, 6) is 0.695. The lowest BCUT2D eigenvalue weighted by Gasteiger charge is -2.11. The Morgan fingerprint density at radius 1 is 1.40 bits per heavy atom. The molecule has 25 heavy (non-hydrogen) atoms. The van der Waals surface area contributed by atoms with E-state index < -0.39 is 5.25 Å². The van der Waals surface area contributed by atoms with Crippen LogP contribution in [0.4, 0.5) is 5.88 Å². The molecule has 0 spiro atoms. The van der Waals surface area contributed by atoms with E-state index in [0.29, 0.717) is 28.2 Å². The van der Waals surface area contributed by atoms with Crippen molar-refractivity contribution in [3.8, 4) is 11.4 Å². The minimum Gasteiger partial charge on any atom is -0.494 e. The molecule has 0 radical (unpaired) electrons. The number of methoxy groups -OCH3 is 1. The fourth-order valence-corrected chi connectivity index (χ4v) is 2.87. The van der Waals surface area contributed by atoms with E-state index in [4.69, 9.17) is 9.26 Å². The molecule has 0 aliphatic heterocycles. The number of hydrogen-bond donors (Lipinski definition) is 1. The molecule has 3 rings (SSSR count). The first-order valence-electron chi connectivity index (χ1n) is 7.41. The maximum atomic E-state index is 12.3. The molecule has 1 aromatic carbocycles. The van der Waals surface area contributed by atoms with Gasteiger partial charge in [0.15, 0.2) is 0 Å². The number of rotatable bonds is 6. The van der Waals surface area contributed by atoms with E-state index in [2.05, 4.69) is 26.0 Å². The van der Waals surface area contributed by atoms with Gasteiger partial charge in [0.2, 0.25) is 16.9 Å². The van der Waals surface area contributed by atoms with Gasteiger partial charge in [0, 0.05) is 6.07 Å². The SMILES string of the molecule is COc1ccccc1-n1nnnc1SC(C)C(=O)Nc1cc(C)no1. The number of nitrogens with one attached hydrogen (secondary N) is 1. The van der Waals surface area contributed by atoms with Gasteiger partial charge in [0.25, 0.3) is 0 Å². The molecular weight excluding hydrogens is 344 g/mol. The lowest BCUT2D eigenvalue weighted by molar-refractivity contribution is -0.115. The van der Waals surface area contributed by atoms with E-state index in [9.17, 15) is 4.79 Å². The second-order valence-corrected chi connectivity index (χ2v) is 6.43. The third-order valence-electron chi connectivity index (χ3n) is 3.28. The standard InChI is InChI=1S/C15H16N6O3S/c1-9-8-13(24-18-9)16-14(22)10(2)25-15-17-19-20-21(15)11-6-4-5-7-12(11)23-3/h4-8,10H,1-3H3,(H,16,22). The van der Waals surface area contributed by atoms with E-state index in [-0.39, 0.29) is 5.91 Å². The van der Waals surface area contributed by atoms with E-state index in [1.165, 1.54) is 16.4 Å². The Morgan fingerprint density at radius 3 is 2.92 bits per heavy atom. The summed E-state index contributed by atoms with van der Waals surface area (Å²) in [6.07, 6.45) is 0. The van der Waals surface area contributed by atoms with Crippen molar-refractivity contribution in [3.05, 3.63) is 36.0 Å². The Balaban J connectivity index is 1.75. The van der Waals surface area contributed by atoms with E-state index in [0.717, 1.165) is 0 Å². The summed E-state index contributed by atoms with van der Waals surface area (Å²) in [7, 11) is 1.57. The first-order chi connectivity index (χ1) is 12.1. The maximum Gasteiger partial charge on any atom is 0.240 e. The number of aromatic nitrogens is 5. The molecule has 0 saturated heterocycles. The third kappa shape index (κ3) is 3.79. The molecule has 0 fully saturated rings. The summed E-state index contributed by atoms with van der Waals surface area (Å²) in [4.78, 5) is 12.3. The molecule has 0 aliphatic rings. The van der Waals surface area contributed by atoms with Crippen LogP contribution in [0, 0.1) is 6.92 Å². The second-order valence-electron chi connectivity index (χ2n) is 5.13. The Labute approximate surface area is 147 Å². The van der Waals surface area contributed by atoms with Crippen LogP contribution in [0.25, 0.3) is 5.69 Å². The molecule has 1 amide bonds. The zero-order valence-corrected chi connectivity index (χ0v) is 14.6. The molecule has 0 saturated carbocycles. The van der Waals surface area contributed by atoms with Crippen molar-refractivity contribution >= 4 is 23.6 Å². The van der Waals surface area contributed by atoms with Crippen LogP contribution < -0.4 is 10.1 Å². The molecule has 2 aromatic heterocycles. The molecular formula is C15H16N6O3S. The lowest BCUT2D eigenvalue weighted by Crippen LogP contribution is -2.22. The monoisotopic (exact) mass is 360 g/mol. The van der Waals surface area contributed by atoms with Crippen LogP contribution in [0.15, 0.2) is 40.0 Å². The number of thioether (sulfide) groups is 1. The van der Waals surface area contributed by atoms with Crippen molar-refractivity contribution in [1.29, 1.82) is 0 Å². The number of nitrogens with zero attached hydrogens (tertiary/aromatic N) is 5. The number of anilines is 1. The van der Waals surface area contributed by atoms with Crippen molar-refractivity contribution < 1.29 is 14.1 Å². The summed E-state index contributed by atoms with van der Waals surface area (Å²) in [5, 5.41) is 18.1. The number of hydrogen-bond acceptors (Lipinski definition) is 8. The summed E-state index contributed by atoms with van der Waals surface area (Å²) < 4.78 is 11.9. The third-order valence-corrected chi connectivity index (χ3v) is 4.31. The quantitative estimate of drug-likeness (QED) is 0.666. The van der Waals surface area contributed by atoms with Crippen molar-refractivity contribution in [3.63, 3.8) is 0 Å². The van der Waals surface area contributed by atoms with Gasteiger partial charge in [0.05, 0.1) is 18.1 Å². The normalized spacial score (nSPS) is 12.0. The molecule has 1 N–H and O–H groups in total. The summed E-state index contributed by atoms with van der Waals surface area (Å²) in [6, 6.07) is 9.01. The van der Waals surface area contributed by atoms with Gasteiger partial charge in [-0.25, -0.2) is 0 Å². The zero-order valence-electron chi connectivity index (χ0n) is 13.8. The predicted molar refractivity (Wildman–Crippen MR) is 90.9 cm³/mol. The smallest absolute Gasteiger partial charge is 0.240 e. The Morgan fingerprint density at radius 2 is 2.20 bits per heavy atom. The molecule has 3 aromatic rings. The van der Waals surface area contributed by atoms with Gasteiger partial charge in [-0.3, -0.25) is 10.1 Å². The van der Waals surface area contributed by atoms with Crippen LogP contribution in [-0.2, 0) is 4.79 Å². The van der Waals surface area contributed by atoms with Crippen molar-refractivity contribution in [2.75, 3.05) is 12.4 Å². The minimum absolute atomic E-state index is 0.240. The molecule has 130 valence electrons. The number of carbonyl (C=O) groups excluding carboxylic acids is 1. The van der Waals surface area contributed by atoms with Gasteiger partial charge in [-0.2, -0.15) is 4.68 Å². The summed E-state index contributed by atoms with van der Waals surface area (Å²) >= 11 is 1.22. The van der Waals surface area contributed by atoms with Gasteiger partial charge in [-0.15, -0.1) is 5.10 Å². The summed E-state index contributed by atoms with van der Waals surface area (Å²) in [6.45, 7) is 3.53. The van der Waals surface area contributed by atoms with Crippen molar-refractivity contribution in [2.45, 2.75) is 24.3 Å². The Hall–Kier alpha value is -2.88. The van der Waals surface area contributed by atoms with Gasteiger partial charge in [-0.05, 0) is 36.4 Å². The highest BCUT2D eigenvalue weighted by atomic mass is 32.2. The van der Waals surface area contributed by atoms with Gasteiger partial charge < -0.3 is 9.26 Å². The lowest BCUT2D eigenvalue weighted by atomic mass is 10.3. The van der Waals surface area contributed by atoms with Crippen LogP contribution in [0.1, 0.15) is 12.6 Å². The van der Waals surface area contributed by atoms with E-state index in [1.807, 2.05) is 24.3 Å². The largest absolute Gasteiger partial charge is 0.494 e. The molecule has 0 bridgehead atoms. The van der Waals surface area contributed by atoms with Crippen LogP contribution in [0.2, 0.25) is 0 Å². The second kappa shape index (κ2) is 7.34. The number of ether oxygens (including phenoxy) is 1. The maximum absolute atomic E-state index is 12.3. The van der Waals surface area contributed by atoms with Crippen LogP contribution in [0.3, 0.4) is 0 Å². The summed E-state index contributed by atoms with van der Waals surface area (Å²) in [5.41, 5.74) is 1.38. The highest BCUT2D eigenvalue weighted by molar-refractivity contribution is 8.00. The number of tetrazole rings is 1. The van der Waals surface area contributed by atoms with Crippen LogP contribution in [-0.4, -0.2) is 43.6 Å². The van der Waals surface area contributed by atoms with E-state index >= 15 is 0 Å². The van der Waals surface area contributed by atoms with E-state index in [1.54, 1.807) is 27.0 Å². The first kappa shape index (κ1) is 17.0. The number of benzene rings is 1. The number of aryl methyl sites for hydroxylation is 1. The molecule has 9 nitrogen and oxygen atoms in total. The highest BCUT2D eigenvalue weighted by Crippen LogP contribution is 2.28. The average molecular weight is 360 g/mol. The van der Waals surface area contributed by atoms with Gasteiger partial charge >= 0.3 is 0 Å². The number of amides is 1. The highest BCUT2D eigenvalue weighted by Gasteiger charge is 2.21. The van der Waals surface area contributed by atoms with Crippen molar-refractivity contribution in [1.82, 2.24) is 25.4 Å².